The monoisotopic (exact) mass is 225 g/mol. The van der Waals surface area contributed by atoms with Crippen molar-refractivity contribution in [3.8, 4) is 5.75 Å². The van der Waals surface area contributed by atoms with Gasteiger partial charge in [-0.15, -0.1) is 0 Å². The number of hydrogen-bond acceptors (Lipinski definition) is 2. The molecule has 2 atom stereocenters. The SMILES string of the molecule is N[C@H]1CCCC[C@H]1Oc1ccccc1Cl. The van der Waals surface area contributed by atoms with Crippen molar-refractivity contribution in [2.75, 3.05) is 0 Å². The lowest BCUT2D eigenvalue weighted by atomic mass is 9.93. The van der Waals surface area contributed by atoms with Crippen LogP contribution in [0.5, 0.6) is 5.75 Å². The van der Waals surface area contributed by atoms with Crippen LogP contribution in [0.15, 0.2) is 24.3 Å². The van der Waals surface area contributed by atoms with Crippen LogP contribution in [0, 0.1) is 0 Å². The molecule has 1 aliphatic rings. The predicted octanol–water partition coefficient (Wildman–Crippen LogP) is 2.99. The summed E-state index contributed by atoms with van der Waals surface area (Å²) in [5.41, 5.74) is 6.01. The highest BCUT2D eigenvalue weighted by Crippen LogP contribution is 2.28. The first kappa shape index (κ1) is 10.8. The smallest absolute Gasteiger partial charge is 0.138 e. The van der Waals surface area contributed by atoms with Gasteiger partial charge in [-0.3, -0.25) is 0 Å². The molecule has 0 radical (unpaired) electrons. The molecule has 15 heavy (non-hydrogen) atoms. The highest BCUT2D eigenvalue weighted by atomic mass is 35.5. The van der Waals surface area contributed by atoms with E-state index in [0.29, 0.717) is 5.02 Å². The number of rotatable bonds is 2. The van der Waals surface area contributed by atoms with E-state index in [4.69, 9.17) is 22.1 Å². The second kappa shape index (κ2) is 4.86. The molecule has 1 saturated carbocycles. The van der Waals surface area contributed by atoms with Crippen molar-refractivity contribution < 1.29 is 4.74 Å². The van der Waals surface area contributed by atoms with Gasteiger partial charge in [0.15, 0.2) is 0 Å². The van der Waals surface area contributed by atoms with E-state index in [2.05, 4.69) is 0 Å². The van der Waals surface area contributed by atoms with Gasteiger partial charge in [-0.05, 0) is 31.4 Å². The molecule has 1 fully saturated rings. The van der Waals surface area contributed by atoms with Crippen LogP contribution in [-0.4, -0.2) is 12.1 Å². The zero-order valence-electron chi connectivity index (χ0n) is 8.66. The van der Waals surface area contributed by atoms with E-state index in [0.717, 1.165) is 18.6 Å². The van der Waals surface area contributed by atoms with Gasteiger partial charge in [0.1, 0.15) is 11.9 Å². The molecule has 1 aromatic carbocycles. The lowest BCUT2D eigenvalue weighted by Crippen LogP contribution is -2.41. The molecule has 0 amide bonds. The Bertz CT molecular complexity index is 329. The van der Waals surface area contributed by atoms with Crippen LogP contribution in [0.3, 0.4) is 0 Å². The summed E-state index contributed by atoms with van der Waals surface area (Å²) in [4.78, 5) is 0. The number of para-hydroxylation sites is 1. The molecule has 1 aliphatic carbocycles. The minimum Gasteiger partial charge on any atom is -0.487 e. The number of benzene rings is 1. The van der Waals surface area contributed by atoms with Gasteiger partial charge in [-0.25, -0.2) is 0 Å². The summed E-state index contributed by atoms with van der Waals surface area (Å²) < 4.78 is 5.84. The van der Waals surface area contributed by atoms with Gasteiger partial charge in [0, 0.05) is 6.04 Å². The fourth-order valence-corrected chi connectivity index (χ4v) is 2.16. The molecule has 1 aromatic rings. The maximum atomic E-state index is 6.03. The highest BCUT2D eigenvalue weighted by Gasteiger charge is 2.23. The van der Waals surface area contributed by atoms with E-state index in [9.17, 15) is 0 Å². The molecular weight excluding hydrogens is 210 g/mol. The van der Waals surface area contributed by atoms with Crippen molar-refractivity contribution in [3.63, 3.8) is 0 Å². The van der Waals surface area contributed by atoms with E-state index in [1.54, 1.807) is 0 Å². The van der Waals surface area contributed by atoms with Crippen molar-refractivity contribution >= 4 is 11.6 Å². The lowest BCUT2D eigenvalue weighted by molar-refractivity contribution is 0.132. The highest BCUT2D eigenvalue weighted by molar-refractivity contribution is 6.32. The van der Waals surface area contributed by atoms with Crippen LogP contribution in [0.2, 0.25) is 5.02 Å². The third-order valence-corrected chi connectivity index (χ3v) is 3.18. The lowest BCUT2D eigenvalue weighted by Gasteiger charge is -2.29. The molecule has 2 nitrogen and oxygen atoms in total. The molecule has 0 spiro atoms. The summed E-state index contributed by atoms with van der Waals surface area (Å²) >= 11 is 6.03. The number of halogens is 1. The topological polar surface area (TPSA) is 35.2 Å². The van der Waals surface area contributed by atoms with Crippen LogP contribution in [0.1, 0.15) is 25.7 Å². The molecule has 0 saturated heterocycles. The largest absolute Gasteiger partial charge is 0.487 e. The predicted molar refractivity (Wildman–Crippen MR) is 62.3 cm³/mol. The Morgan fingerprint density at radius 1 is 1.20 bits per heavy atom. The van der Waals surface area contributed by atoms with Gasteiger partial charge in [-0.1, -0.05) is 30.2 Å². The van der Waals surface area contributed by atoms with Gasteiger partial charge in [0.25, 0.3) is 0 Å². The van der Waals surface area contributed by atoms with Gasteiger partial charge >= 0.3 is 0 Å². The maximum absolute atomic E-state index is 6.03. The summed E-state index contributed by atoms with van der Waals surface area (Å²) in [6.07, 6.45) is 4.62. The van der Waals surface area contributed by atoms with Crippen molar-refractivity contribution in [2.24, 2.45) is 5.73 Å². The third kappa shape index (κ3) is 2.64. The van der Waals surface area contributed by atoms with E-state index >= 15 is 0 Å². The Kier molecular flexibility index (Phi) is 3.49. The van der Waals surface area contributed by atoms with Crippen molar-refractivity contribution in [1.29, 1.82) is 0 Å². The summed E-state index contributed by atoms with van der Waals surface area (Å²) in [7, 11) is 0. The molecule has 2 rings (SSSR count). The van der Waals surface area contributed by atoms with E-state index in [-0.39, 0.29) is 12.1 Å². The zero-order chi connectivity index (χ0) is 10.7. The van der Waals surface area contributed by atoms with E-state index in [1.165, 1.54) is 12.8 Å². The van der Waals surface area contributed by atoms with E-state index < -0.39 is 0 Å². The Hall–Kier alpha value is -0.730. The molecule has 0 unspecified atom stereocenters. The fourth-order valence-electron chi connectivity index (χ4n) is 1.98. The quantitative estimate of drug-likeness (QED) is 0.840. The zero-order valence-corrected chi connectivity index (χ0v) is 9.41. The summed E-state index contributed by atoms with van der Waals surface area (Å²) in [6, 6.07) is 7.70. The Morgan fingerprint density at radius 2 is 1.93 bits per heavy atom. The molecular formula is C12H16ClNO. The second-order valence-corrected chi connectivity index (χ2v) is 4.44. The van der Waals surface area contributed by atoms with Crippen LogP contribution in [0.25, 0.3) is 0 Å². The van der Waals surface area contributed by atoms with Crippen molar-refractivity contribution in [2.45, 2.75) is 37.8 Å². The van der Waals surface area contributed by atoms with Gasteiger partial charge in [0.2, 0.25) is 0 Å². The third-order valence-electron chi connectivity index (χ3n) is 2.87. The maximum Gasteiger partial charge on any atom is 0.138 e. The van der Waals surface area contributed by atoms with Crippen molar-refractivity contribution in [3.05, 3.63) is 29.3 Å². The molecule has 3 heteroatoms. The molecule has 0 aromatic heterocycles. The van der Waals surface area contributed by atoms with Gasteiger partial charge in [-0.2, -0.15) is 0 Å². The molecule has 0 bridgehead atoms. The normalized spacial score (nSPS) is 26.3. The first-order valence-electron chi connectivity index (χ1n) is 5.44. The van der Waals surface area contributed by atoms with Gasteiger partial charge < -0.3 is 10.5 Å². The van der Waals surface area contributed by atoms with Crippen LogP contribution in [-0.2, 0) is 0 Å². The summed E-state index contributed by atoms with van der Waals surface area (Å²) in [5.74, 6) is 0.751. The molecule has 2 N–H and O–H groups in total. The molecule has 82 valence electrons. The summed E-state index contributed by atoms with van der Waals surface area (Å²) in [5, 5.41) is 0.662. The Balaban J connectivity index is 2.04. The first-order chi connectivity index (χ1) is 7.27. The van der Waals surface area contributed by atoms with Crippen LogP contribution < -0.4 is 10.5 Å². The molecule has 0 aliphatic heterocycles. The minimum atomic E-state index is 0.124. The fraction of sp³-hybridized carbons (Fsp3) is 0.500. The average Bonchev–Trinajstić information content (AvgIpc) is 2.24. The minimum absolute atomic E-state index is 0.124. The van der Waals surface area contributed by atoms with E-state index in [1.807, 2.05) is 24.3 Å². The van der Waals surface area contributed by atoms with Crippen LogP contribution in [0.4, 0.5) is 0 Å². The Labute approximate surface area is 95.4 Å². The summed E-state index contributed by atoms with van der Waals surface area (Å²) in [6.45, 7) is 0. The standard InChI is InChI=1S/C12H16ClNO/c13-9-5-1-3-7-11(9)15-12-8-4-2-6-10(12)14/h1,3,5,7,10,12H,2,4,6,8,14H2/t10-,12+/m0/s1. The van der Waals surface area contributed by atoms with Crippen LogP contribution >= 0.6 is 11.6 Å². The van der Waals surface area contributed by atoms with Crippen molar-refractivity contribution in [1.82, 2.24) is 0 Å². The number of hydrogen-bond donors (Lipinski definition) is 1. The molecule has 0 heterocycles. The number of ether oxygens (including phenoxy) is 1. The second-order valence-electron chi connectivity index (χ2n) is 4.04. The number of nitrogens with two attached hydrogens (primary N) is 1. The average molecular weight is 226 g/mol. The first-order valence-corrected chi connectivity index (χ1v) is 5.82. The Morgan fingerprint density at radius 3 is 2.67 bits per heavy atom. The van der Waals surface area contributed by atoms with Gasteiger partial charge in [0.05, 0.1) is 5.02 Å².